The highest BCUT2D eigenvalue weighted by atomic mass is 32.2. The second kappa shape index (κ2) is 10.1. The van der Waals surface area contributed by atoms with Crippen LogP contribution in [0.3, 0.4) is 0 Å². The molecule has 0 saturated carbocycles. The third-order valence-electron chi connectivity index (χ3n) is 4.71. The lowest BCUT2D eigenvalue weighted by atomic mass is 10.1. The van der Waals surface area contributed by atoms with E-state index in [1.807, 2.05) is 48.2 Å². The molecule has 4 rings (SSSR count). The van der Waals surface area contributed by atoms with Gasteiger partial charge in [0.1, 0.15) is 6.61 Å². The Morgan fingerprint density at radius 3 is 1.65 bits per heavy atom. The average Bonchev–Trinajstić information content (AvgIpc) is 3.37. The molecule has 7 nitrogen and oxygen atoms in total. The summed E-state index contributed by atoms with van der Waals surface area (Å²) < 4.78 is 0. The Kier molecular flexibility index (Phi) is 6.81. The molecule has 0 unspecified atom stereocenters. The summed E-state index contributed by atoms with van der Waals surface area (Å²) in [5, 5.41) is 25.8. The summed E-state index contributed by atoms with van der Waals surface area (Å²) in [4.78, 5) is 13.8. The number of aliphatic hydroxyl groups excluding tert-OH is 1. The molecule has 0 aromatic heterocycles. The smallest absolute Gasteiger partial charge is 0.188 e. The van der Waals surface area contributed by atoms with Gasteiger partial charge in [0.25, 0.3) is 0 Å². The van der Waals surface area contributed by atoms with Crippen LogP contribution in [-0.4, -0.2) is 35.7 Å². The Hall–Kier alpha value is -3.36. The van der Waals surface area contributed by atoms with Gasteiger partial charge in [-0.2, -0.15) is 20.5 Å². The molecule has 0 spiro atoms. The number of benzene rings is 3. The number of ketones is 1. The molecule has 1 aliphatic heterocycles. The number of carbonyl (C=O) groups is 1. The summed E-state index contributed by atoms with van der Waals surface area (Å²) in [6, 6.07) is 22.0. The van der Waals surface area contributed by atoms with Crippen molar-refractivity contribution < 1.29 is 9.90 Å². The predicted molar refractivity (Wildman–Crippen MR) is 124 cm³/mol. The Morgan fingerprint density at radius 2 is 1.23 bits per heavy atom. The number of carbonyl (C=O) groups excluding carboxylic acids is 1. The zero-order chi connectivity index (χ0) is 21.5. The maximum absolute atomic E-state index is 11.4. The lowest BCUT2D eigenvalue weighted by Gasteiger charge is -2.16. The summed E-state index contributed by atoms with van der Waals surface area (Å²) in [5.41, 5.74) is 4.50. The van der Waals surface area contributed by atoms with Crippen LogP contribution in [0.5, 0.6) is 0 Å². The Bertz CT molecular complexity index is 1070. The van der Waals surface area contributed by atoms with E-state index in [-0.39, 0.29) is 5.78 Å². The molecule has 8 heteroatoms. The lowest BCUT2D eigenvalue weighted by molar-refractivity contribution is 0.0904. The van der Waals surface area contributed by atoms with Gasteiger partial charge >= 0.3 is 0 Å². The highest BCUT2D eigenvalue weighted by Gasteiger charge is 2.12. The maximum Gasteiger partial charge on any atom is 0.188 e. The molecule has 31 heavy (non-hydrogen) atoms. The number of anilines is 1. The second-order valence-corrected chi connectivity index (χ2v) is 7.94. The van der Waals surface area contributed by atoms with Gasteiger partial charge in [0.2, 0.25) is 0 Å². The minimum atomic E-state index is -0.506. The van der Waals surface area contributed by atoms with E-state index in [1.165, 1.54) is 11.4 Å². The summed E-state index contributed by atoms with van der Waals surface area (Å²) in [5.74, 6) is 1.89. The third kappa shape index (κ3) is 5.62. The topological polar surface area (TPSA) is 90.0 Å². The van der Waals surface area contributed by atoms with Crippen LogP contribution < -0.4 is 4.90 Å². The molecule has 156 valence electrons. The van der Waals surface area contributed by atoms with E-state index in [0.29, 0.717) is 16.9 Å². The van der Waals surface area contributed by atoms with Gasteiger partial charge in [0, 0.05) is 23.5 Å². The maximum atomic E-state index is 11.4. The van der Waals surface area contributed by atoms with E-state index in [4.69, 9.17) is 5.11 Å². The number of aliphatic hydroxyl groups is 1. The Morgan fingerprint density at radius 1 is 0.774 bits per heavy atom. The van der Waals surface area contributed by atoms with Gasteiger partial charge in [0.05, 0.1) is 28.6 Å². The normalized spacial score (nSPS) is 14.0. The number of hydrogen-bond donors (Lipinski definition) is 1. The first-order chi connectivity index (χ1) is 15.2. The van der Waals surface area contributed by atoms with Gasteiger partial charge in [0.15, 0.2) is 5.78 Å². The van der Waals surface area contributed by atoms with Crippen molar-refractivity contribution in [1.29, 1.82) is 0 Å². The molecule has 3 aromatic carbocycles. The Balaban J connectivity index is 1.35. The quantitative estimate of drug-likeness (QED) is 0.356. The van der Waals surface area contributed by atoms with Crippen LogP contribution in [-0.2, 0) is 0 Å². The van der Waals surface area contributed by atoms with Gasteiger partial charge in [-0.15, -0.1) is 11.8 Å². The van der Waals surface area contributed by atoms with Crippen LogP contribution >= 0.6 is 11.8 Å². The molecular formula is C23H21N5O2S. The Labute approximate surface area is 184 Å². The van der Waals surface area contributed by atoms with Gasteiger partial charge in [-0.05, 0) is 72.8 Å². The van der Waals surface area contributed by atoms with E-state index < -0.39 is 6.61 Å². The number of thioether (sulfide) groups is 1. The monoisotopic (exact) mass is 431 g/mol. The fraction of sp³-hybridized carbons (Fsp3) is 0.174. The summed E-state index contributed by atoms with van der Waals surface area (Å²) in [6.07, 6.45) is 0. The predicted octanol–water partition coefficient (Wildman–Crippen LogP) is 6.20. The number of Topliss-reactive ketones (excluding diaryl/α,β-unsaturated/α-hetero) is 1. The minimum absolute atomic E-state index is 0.324. The largest absolute Gasteiger partial charge is 0.388 e. The number of nitrogens with zero attached hydrogens (tertiary/aromatic N) is 5. The average molecular weight is 432 g/mol. The van der Waals surface area contributed by atoms with E-state index in [1.54, 1.807) is 24.3 Å². The van der Waals surface area contributed by atoms with Crippen molar-refractivity contribution in [2.45, 2.75) is 0 Å². The molecule has 1 saturated heterocycles. The summed E-state index contributed by atoms with van der Waals surface area (Å²) >= 11 is 1.94. The van der Waals surface area contributed by atoms with Crippen LogP contribution in [0.1, 0.15) is 10.4 Å². The fourth-order valence-corrected chi connectivity index (χ4v) is 3.95. The van der Waals surface area contributed by atoms with Crippen LogP contribution in [0.4, 0.5) is 28.4 Å². The standard InChI is InChI=1S/C23H21N5O2S/c29-15-23(30)17-1-3-18(4-2-17)24-25-19-5-7-20(8-6-19)26-27-21-9-11-22(12-10-21)28-13-14-31-16-28/h1-12,29H,13-16H2. The van der Waals surface area contributed by atoms with Crippen molar-refractivity contribution in [2.75, 3.05) is 29.7 Å². The highest BCUT2D eigenvalue weighted by Crippen LogP contribution is 2.27. The van der Waals surface area contributed by atoms with Crippen LogP contribution in [0.15, 0.2) is 93.3 Å². The van der Waals surface area contributed by atoms with Crippen molar-refractivity contribution in [2.24, 2.45) is 20.5 Å². The van der Waals surface area contributed by atoms with Gasteiger partial charge < -0.3 is 10.0 Å². The van der Waals surface area contributed by atoms with Crippen LogP contribution in [0.25, 0.3) is 0 Å². The van der Waals surface area contributed by atoms with Crippen LogP contribution in [0.2, 0.25) is 0 Å². The van der Waals surface area contributed by atoms with Gasteiger partial charge in [-0.25, -0.2) is 0 Å². The van der Waals surface area contributed by atoms with Crippen molar-refractivity contribution in [3.8, 4) is 0 Å². The fourth-order valence-electron chi connectivity index (χ4n) is 2.97. The van der Waals surface area contributed by atoms with Crippen molar-refractivity contribution in [3.63, 3.8) is 0 Å². The van der Waals surface area contributed by atoms with Crippen LogP contribution in [0, 0.1) is 0 Å². The van der Waals surface area contributed by atoms with Gasteiger partial charge in [-0.1, -0.05) is 0 Å². The first kappa shape index (κ1) is 20.9. The van der Waals surface area contributed by atoms with Crippen molar-refractivity contribution in [3.05, 3.63) is 78.4 Å². The third-order valence-corrected chi connectivity index (χ3v) is 5.68. The zero-order valence-corrected chi connectivity index (χ0v) is 17.6. The van der Waals surface area contributed by atoms with Gasteiger partial charge in [-0.3, -0.25) is 4.79 Å². The molecule has 0 amide bonds. The summed E-state index contributed by atoms with van der Waals surface area (Å²) in [7, 11) is 0. The molecule has 0 aliphatic carbocycles. The lowest BCUT2D eigenvalue weighted by Crippen LogP contribution is -2.17. The van der Waals surface area contributed by atoms with Crippen molar-refractivity contribution >= 4 is 46.0 Å². The molecule has 1 aliphatic rings. The first-order valence-electron chi connectivity index (χ1n) is 9.82. The first-order valence-corrected chi connectivity index (χ1v) is 11.0. The second-order valence-electron chi connectivity index (χ2n) is 6.86. The molecule has 0 bridgehead atoms. The van der Waals surface area contributed by atoms with E-state index in [0.717, 1.165) is 23.8 Å². The van der Waals surface area contributed by atoms with Crippen molar-refractivity contribution in [1.82, 2.24) is 0 Å². The molecule has 3 aromatic rings. The molecule has 1 fully saturated rings. The number of rotatable bonds is 7. The number of hydrogen-bond acceptors (Lipinski definition) is 8. The minimum Gasteiger partial charge on any atom is -0.388 e. The van der Waals surface area contributed by atoms with E-state index in [9.17, 15) is 4.79 Å². The highest BCUT2D eigenvalue weighted by molar-refractivity contribution is 7.99. The molecule has 1 heterocycles. The summed E-state index contributed by atoms with van der Waals surface area (Å²) in [6.45, 7) is 0.581. The molecule has 0 radical (unpaired) electrons. The van der Waals surface area contributed by atoms with E-state index in [2.05, 4.69) is 37.5 Å². The molecule has 0 atom stereocenters. The zero-order valence-electron chi connectivity index (χ0n) is 16.8. The van der Waals surface area contributed by atoms with E-state index >= 15 is 0 Å². The number of azo groups is 2. The SMILES string of the molecule is O=C(CO)c1ccc(N=Nc2ccc(N=Nc3ccc(N4CCSC4)cc3)cc2)cc1. The molecular weight excluding hydrogens is 410 g/mol. The molecule has 1 N–H and O–H groups in total.